The van der Waals surface area contributed by atoms with Crippen molar-refractivity contribution in [3.05, 3.63) is 35.9 Å². The Morgan fingerprint density at radius 2 is 0.953 bits per heavy atom. The van der Waals surface area contributed by atoms with Gasteiger partial charge in [0.2, 0.25) is 0 Å². The molecule has 1 aromatic rings. The second kappa shape index (κ2) is 30.2. The van der Waals surface area contributed by atoms with Crippen molar-refractivity contribution in [2.45, 2.75) is 181 Å². The molecule has 0 radical (unpaired) electrons. The molecule has 0 saturated carbocycles. The van der Waals surface area contributed by atoms with E-state index >= 15 is 0 Å². The Morgan fingerprint density at radius 1 is 0.535 bits per heavy atom. The Hall–Kier alpha value is -1.88. The Kier molecular flexibility index (Phi) is 27.5. The van der Waals surface area contributed by atoms with E-state index in [-0.39, 0.29) is 25.2 Å². The second-order valence-electron chi connectivity index (χ2n) is 12.4. The van der Waals surface area contributed by atoms with Gasteiger partial charge in [0.1, 0.15) is 6.61 Å². The van der Waals surface area contributed by atoms with Crippen molar-refractivity contribution in [1.82, 2.24) is 0 Å². The van der Waals surface area contributed by atoms with Crippen LogP contribution in [0, 0.1) is 0 Å². The zero-order valence-electron chi connectivity index (χ0n) is 28.1. The van der Waals surface area contributed by atoms with Crippen molar-refractivity contribution in [2.24, 2.45) is 0 Å². The molecule has 1 unspecified atom stereocenters. The lowest BCUT2D eigenvalue weighted by atomic mass is 10.1. The predicted octanol–water partition coefficient (Wildman–Crippen LogP) is 11.1. The van der Waals surface area contributed by atoms with Crippen LogP contribution in [0.1, 0.15) is 174 Å². The molecule has 0 N–H and O–H groups in total. The molecule has 0 aliphatic carbocycles. The molecule has 5 heteroatoms. The van der Waals surface area contributed by atoms with E-state index in [0.717, 1.165) is 31.2 Å². The van der Waals surface area contributed by atoms with Crippen LogP contribution in [-0.4, -0.2) is 31.3 Å². The zero-order valence-corrected chi connectivity index (χ0v) is 28.1. The monoisotopic (exact) mass is 602 g/mol. The molecule has 1 aromatic carbocycles. The molecular weight excluding hydrogens is 536 g/mol. The van der Waals surface area contributed by atoms with Crippen LogP contribution in [0.3, 0.4) is 0 Å². The summed E-state index contributed by atoms with van der Waals surface area (Å²) in [4.78, 5) is 24.9. The first kappa shape index (κ1) is 39.1. The van der Waals surface area contributed by atoms with Crippen LogP contribution in [0.15, 0.2) is 30.3 Å². The first-order valence-corrected chi connectivity index (χ1v) is 18.1. The fourth-order valence-electron chi connectivity index (χ4n) is 5.37. The lowest BCUT2D eigenvalue weighted by Gasteiger charge is -2.18. The van der Waals surface area contributed by atoms with Crippen LogP contribution in [0.2, 0.25) is 0 Å². The molecular formula is C38H66O5. The Bertz CT molecular complexity index is 750. The number of esters is 2. The van der Waals surface area contributed by atoms with Crippen molar-refractivity contribution in [1.29, 1.82) is 0 Å². The number of unbranched alkanes of at least 4 members (excludes halogenated alkanes) is 20. The molecule has 0 heterocycles. The SMILES string of the molecule is CCCCCCCCCCCCCC(=O)OCC(COCc1ccccc1)OC(=O)CCCCCCCCCCCCC. The zero-order chi connectivity index (χ0) is 31.1. The number of carbonyl (C=O) groups excluding carboxylic acids is 2. The highest BCUT2D eigenvalue weighted by molar-refractivity contribution is 5.70. The second-order valence-corrected chi connectivity index (χ2v) is 12.4. The van der Waals surface area contributed by atoms with E-state index in [0.29, 0.717) is 19.4 Å². The number of rotatable bonds is 31. The number of ether oxygens (including phenoxy) is 3. The largest absolute Gasteiger partial charge is 0.462 e. The van der Waals surface area contributed by atoms with Crippen molar-refractivity contribution in [2.75, 3.05) is 13.2 Å². The van der Waals surface area contributed by atoms with E-state index in [9.17, 15) is 9.59 Å². The van der Waals surface area contributed by atoms with Gasteiger partial charge in [-0.05, 0) is 18.4 Å². The third-order valence-corrected chi connectivity index (χ3v) is 8.11. The number of benzene rings is 1. The lowest BCUT2D eigenvalue weighted by Crippen LogP contribution is -2.29. The molecule has 0 aliphatic rings. The van der Waals surface area contributed by atoms with E-state index in [1.54, 1.807) is 0 Å². The maximum atomic E-state index is 12.6. The van der Waals surface area contributed by atoms with E-state index in [1.165, 1.54) is 116 Å². The molecule has 0 fully saturated rings. The van der Waals surface area contributed by atoms with Gasteiger partial charge in [0.25, 0.3) is 0 Å². The summed E-state index contributed by atoms with van der Waals surface area (Å²) in [5.74, 6) is -0.448. The minimum atomic E-state index is -0.579. The third-order valence-electron chi connectivity index (χ3n) is 8.11. The summed E-state index contributed by atoms with van der Waals surface area (Å²) in [7, 11) is 0. The van der Waals surface area contributed by atoms with Crippen molar-refractivity contribution >= 4 is 11.9 Å². The summed E-state index contributed by atoms with van der Waals surface area (Å²) in [6.45, 7) is 5.21. The number of hydrogen-bond donors (Lipinski definition) is 0. The summed E-state index contributed by atoms with van der Waals surface area (Å²) in [5.41, 5.74) is 1.06. The summed E-state index contributed by atoms with van der Waals surface area (Å²) in [5, 5.41) is 0. The van der Waals surface area contributed by atoms with E-state index in [4.69, 9.17) is 14.2 Å². The highest BCUT2D eigenvalue weighted by Crippen LogP contribution is 2.14. The molecule has 0 bridgehead atoms. The third kappa shape index (κ3) is 26.3. The van der Waals surface area contributed by atoms with Gasteiger partial charge in [0, 0.05) is 12.8 Å². The lowest BCUT2D eigenvalue weighted by molar-refractivity contribution is -0.163. The minimum Gasteiger partial charge on any atom is -0.462 e. The normalized spacial score (nSPS) is 11.9. The van der Waals surface area contributed by atoms with Gasteiger partial charge < -0.3 is 14.2 Å². The maximum absolute atomic E-state index is 12.6. The van der Waals surface area contributed by atoms with Gasteiger partial charge in [-0.3, -0.25) is 9.59 Å². The first-order valence-electron chi connectivity index (χ1n) is 18.1. The van der Waals surface area contributed by atoms with Crippen LogP contribution in [0.5, 0.6) is 0 Å². The average Bonchev–Trinajstić information content (AvgIpc) is 3.01. The fraction of sp³-hybridized carbons (Fsp3) is 0.789. The average molecular weight is 603 g/mol. The minimum absolute atomic E-state index is 0.0512. The van der Waals surface area contributed by atoms with Crippen LogP contribution >= 0.6 is 0 Å². The Balaban J connectivity index is 2.22. The topological polar surface area (TPSA) is 61.8 Å². The maximum Gasteiger partial charge on any atom is 0.306 e. The van der Waals surface area contributed by atoms with Crippen LogP contribution in [0.4, 0.5) is 0 Å². The summed E-state index contributed by atoms with van der Waals surface area (Å²) >= 11 is 0. The molecule has 0 amide bonds. The van der Waals surface area contributed by atoms with E-state index in [1.807, 2.05) is 30.3 Å². The van der Waals surface area contributed by atoms with Gasteiger partial charge in [0.05, 0.1) is 13.2 Å². The van der Waals surface area contributed by atoms with Crippen LogP contribution < -0.4 is 0 Å². The highest BCUT2D eigenvalue weighted by Gasteiger charge is 2.17. The van der Waals surface area contributed by atoms with E-state index < -0.39 is 6.10 Å². The quantitative estimate of drug-likeness (QED) is 0.0625. The molecule has 1 atom stereocenters. The van der Waals surface area contributed by atoms with Gasteiger partial charge in [-0.1, -0.05) is 173 Å². The number of hydrogen-bond acceptors (Lipinski definition) is 5. The van der Waals surface area contributed by atoms with Gasteiger partial charge in [0.15, 0.2) is 6.10 Å². The molecule has 0 aromatic heterocycles. The fourth-order valence-corrected chi connectivity index (χ4v) is 5.37. The standard InChI is InChI=1S/C38H66O5/c1-3-5-7-9-11-13-15-17-19-21-26-30-37(39)42-34-36(33-41-32-35-28-24-23-25-29-35)43-38(40)31-27-22-20-18-16-14-12-10-8-6-4-2/h23-25,28-29,36H,3-22,26-27,30-34H2,1-2H3. The van der Waals surface area contributed by atoms with Gasteiger partial charge in [-0.25, -0.2) is 0 Å². The first-order chi connectivity index (χ1) is 21.2. The van der Waals surface area contributed by atoms with Crippen molar-refractivity contribution < 1.29 is 23.8 Å². The van der Waals surface area contributed by atoms with Gasteiger partial charge in [-0.2, -0.15) is 0 Å². The molecule has 0 aliphatic heterocycles. The van der Waals surface area contributed by atoms with Gasteiger partial charge in [-0.15, -0.1) is 0 Å². The Labute approximate surface area is 265 Å². The van der Waals surface area contributed by atoms with Crippen LogP contribution in [-0.2, 0) is 30.4 Å². The highest BCUT2D eigenvalue weighted by atomic mass is 16.6. The summed E-state index contributed by atoms with van der Waals surface area (Å²) < 4.78 is 17.0. The molecule has 5 nitrogen and oxygen atoms in total. The van der Waals surface area contributed by atoms with E-state index in [2.05, 4.69) is 13.8 Å². The predicted molar refractivity (Wildman–Crippen MR) is 179 cm³/mol. The molecule has 248 valence electrons. The number of carbonyl (C=O) groups is 2. The molecule has 0 saturated heterocycles. The smallest absolute Gasteiger partial charge is 0.306 e. The van der Waals surface area contributed by atoms with Gasteiger partial charge >= 0.3 is 11.9 Å². The summed E-state index contributed by atoms with van der Waals surface area (Å²) in [6, 6.07) is 9.92. The Morgan fingerprint density at radius 3 is 1.42 bits per heavy atom. The molecule has 1 rings (SSSR count). The van der Waals surface area contributed by atoms with Crippen molar-refractivity contribution in [3.8, 4) is 0 Å². The van der Waals surface area contributed by atoms with Crippen molar-refractivity contribution in [3.63, 3.8) is 0 Å². The molecule has 0 spiro atoms. The van der Waals surface area contributed by atoms with Crippen LogP contribution in [0.25, 0.3) is 0 Å². The molecule has 43 heavy (non-hydrogen) atoms. The summed E-state index contributed by atoms with van der Waals surface area (Å²) in [6.07, 6.45) is 27.6.